The zero-order chi connectivity index (χ0) is 15.8. The number of para-hydroxylation sites is 1. The average molecular weight is 305 g/mol. The molecule has 3 N–H and O–H groups in total. The van der Waals surface area contributed by atoms with Crippen LogP contribution >= 0.6 is 0 Å². The van der Waals surface area contributed by atoms with Gasteiger partial charge < -0.3 is 15.5 Å². The lowest BCUT2D eigenvalue weighted by Gasteiger charge is -2.30. The fourth-order valence-electron chi connectivity index (χ4n) is 3.35. The van der Waals surface area contributed by atoms with Crippen LogP contribution in [0.25, 0.3) is 0 Å². The lowest BCUT2D eigenvalue weighted by molar-refractivity contribution is -0.122. The lowest BCUT2D eigenvalue weighted by Crippen LogP contribution is -2.41. The molecular weight excluding hydrogens is 278 g/mol. The van der Waals surface area contributed by atoms with Gasteiger partial charge in [0.05, 0.1) is 0 Å². The van der Waals surface area contributed by atoms with E-state index in [0.717, 1.165) is 18.4 Å². The van der Waals surface area contributed by atoms with Crippen molar-refractivity contribution in [1.29, 1.82) is 0 Å². The van der Waals surface area contributed by atoms with Crippen molar-refractivity contribution in [3.8, 4) is 5.75 Å². The summed E-state index contributed by atoms with van der Waals surface area (Å²) >= 11 is 0. The van der Waals surface area contributed by atoms with Crippen molar-refractivity contribution in [2.24, 2.45) is 5.92 Å². The Morgan fingerprint density at radius 1 is 1.23 bits per heavy atom. The topological polar surface area (TPSA) is 69.6 Å². The quantitative estimate of drug-likeness (QED) is 0.725. The number of amides is 1. The molecule has 1 atom stereocenters. The number of aliphatic hydroxyl groups is 1. The van der Waals surface area contributed by atoms with Gasteiger partial charge in [-0.3, -0.25) is 4.79 Å². The van der Waals surface area contributed by atoms with Gasteiger partial charge in [0.25, 0.3) is 0 Å². The minimum atomic E-state index is 0.00674. The predicted octanol–water partition coefficient (Wildman–Crippen LogP) is 2.77. The molecule has 0 aliphatic heterocycles. The number of hydrogen-bond donors (Lipinski definition) is 3. The van der Waals surface area contributed by atoms with Crippen LogP contribution in [0.15, 0.2) is 24.3 Å². The van der Waals surface area contributed by atoms with E-state index in [1.54, 1.807) is 12.1 Å². The number of benzene rings is 1. The van der Waals surface area contributed by atoms with E-state index >= 15 is 0 Å². The van der Waals surface area contributed by atoms with Crippen LogP contribution in [0.1, 0.15) is 50.5 Å². The molecular formula is C18H27NO3. The first-order valence-corrected chi connectivity index (χ1v) is 8.38. The van der Waals surface area contributed by atoms with Gasteiger partial charge in [0.15, 0.2) is 0 Å². The summed E-state index contributed by atoms with van der Waals surface area (Å²) in [6.07, 6.45) is 7.55. The Hall–Kier alpha value is -1.55. The number of nitrogens with one attached hydrogen (secondary N) is 1. The molecule has 122 valence electrons. The second-order valence-corrected chi connectivity index (χ2v) is 6.21. The Morgan fingerprint density at radius 3 is 2.64 bits per heavy atom. The smallest absolute Gasteiger partial charge is 0.220 e. The van der Waals surface area contributed by atoms with Gasteiger partial charge in [-0.25, -0.2) is 0 Å². The van der Waals surface area contributed by atoms with Crippen molar-refractivity contribution in [3.05, 3.63) is 29.8 Å². The van der Waals surface area contributed by atoms with Crippen LogP contribution < -0.4 is 5.32 Å². The molecule has 1 aromatic carbocycles. The van der Waals surface area contributed by atoms with Gasteiger partial charge in [0.2, 0.25) is 5.91 Å². The summed E-state index contributed by atoms with van der Waals surface area (Å²) in [5.74, 6) is 0.747. The molecule has 1 aliphatic carbocycles. The number of hydrogen-bond acceptors (Lipinski definition) is 3. The highest BCUT2D eigenvalue weighted by atomic mass is 16.3. The normalized spacial score (nSPS) is 17.1. The van der Waals surface area contributed by atoms with Crippen LogP contribution in [0.5, 0.6) is 5.75 Å². The van der Waals surface area contributed by atoms with E-state index in [1.165, 1.54) is 19.3 Å². The van der Waals surface area contributed by atoms with E-state index in [2.05, 4.69) is 5.32 Å². The minimum absolute atomic E-state index is 0.00674. The number of aryl methyl sites for hydroxylation is 1. The first kappa shape index (κ1) is 16.8. The van der Waals surface area contributed by atoms with Gasteiger partial charge in [0.1, 0.15) is 5.75 Å². The molecule has 2 rings (SSSR count). The Kier molecular flexibility index (Phi) is 6.72. The molecule has 4 nitrogen and oxygen atoms in total. The zero-order valence-corrected chi connectivity index (χ0v) is 13.1. The highest BCUT2D eigenvalue weighted by Crippen LogP contribution is 2.28. The third kappa shape index (κ3) is 5.02. The summed E-state index contributed by atoms with van der Waals surface area (Å²) in [5.41, 5.74) is 0.800. The Bertz CT molecular complexity index is 469. The monoisotopic (exact) mass is 305 g/mol. The molecule has 0 radical (unpaired) electrons. The third-order valence-electron chi connectivity index (χ3n) is 4.62. The number of rotatable bonds is 7. The van der Waals surface area contributed by atoms with Gasteiger partial charge >= 0.3 is 0 Å². The number of phenols is 1. The minimum Gasteiger partial charge on any atom is -0.508 e. The molecule has 0 spiro atoms. The van der Waals surface area contributed by atoms with Crippen molar-refractivity contribution in [3.63, 3.8) is 0 Å². The van der Waals surface area contributed by atoms with Crippen LogP contribution in [0.2, 0.25) is 0 Å². The molecule has 1 fully saturated rings. The average Bonchev–Trinajstić information content (AvgIpc) is 2.54. The largest absolute Gasteiger partial charge is 0.508 e. The summed E-state index contributed by atoms with van der Waals surface area (Å²) < 4.78 is 0. The van der Waals surface area contributed by atoms with Gasteiger partial charge in [-0.1, -0.05) is 37.5 Å². The Balaban J connectivity index is 1.84. The molecule has 1 aliphatic rings. The highest BCUT2D eigenvalue weighted by molar-refractivity contribution is 5.76. The molecule has 0 aromatic heterocycles. The van der Waals surface area contributed by atoms with Gasteiger partial charge in [-0.05, 0) is 43.2 Å². The number of phenolic OH excluding ortho intramolecular Hbond substituents is 1. The first-order chi connectivity index (χ1) is 10.7. The predicted molar refractivity (Wildman–Crippen MR) is 86.6 cm³/mol. The van der Waals surface area contributed by atoms with Crippen molar-refractivity contribution < 1.29 is 15.0 Å². The van der Waals surface area contributed by atoms with E-state index in [9.17, 15) is 15.0 Å². The highest BCUT2D eigenvalue weighted by Gasteiger charge is 2.24. The second-order valence-electron chi connectivity index (χ2n) is 6.21. The lowest BCUT2D eigenvalue weighted by atomic mass is 9.82. The number of carbonyl (C=O) groups excluding carboxylic acids is 1. The Labute approximate surface area is 132 Å². The van der Waals surface area contributed by atoms with Crippen molar-refractivity contribution in [2.75, 3.05) is 6.61 Å². The standard InChI is InChI=1S/C18H27NO3/c20-13-12-16(14-6-2-1-3-7-14)19-18(22)11-10-15-8-4-5-9-17(15)21/h4-5,8-9,14,16,20-21H,1-3,6-7,10-13H2,(H,19,22). The van der Waals surface area contributed by atoms with Crippen LogP contribution in [-0.4, -0.2) is 28.8 Å². The summed E-state index contributed by atoms with van der Waals surface area (Å²) in [6.45, 7) is 0.112. The molecule has 0 saturated heterocycles. The SMILES string of the molecule is O=C(CCc1ccccc1O)NC(CCO)C1CCCCC1. The number of carbonyl (C=O) groups is 1. The molecule has 4 heteroatoms. The fourth-order valence-corrected chi connectivity index (χ4v) is 3.35. The van der Waals surface area contributed by atoms with Crippen molar-refractivity contribution >= 4 is 5.91 Å². The van der Waals surface area contributed by atoms with E-state index in [4.69, 9.17) is 0 Å². The maximum atomic E-state index is 12.2. The summed E-state index contributed by atoms with van der Waals surface area (Å²) in [7, 11) is 0. The van der Waals surface area contributed by atoms with E-state index < -0.39 is 0 Å². The van der Waals surface area contributed by atoms with Gasteiger partial charge in [-0.2, -0.15) is 0 Å². The van der Waals surface area contributed by atoms with Gasteiger partial charge in [-0.15, -0.1) is 0 Å². The van der Waals surface area contributed by atoms with E-state index in [-0.39, 0.29) is 24.3 Å². The van der Waals surface area contributed by atoms with Crippen molar-refractivity contribution in [1.82, 2.24) is 5.32 Å². The van der Waals surface area contributed by atoms with Crippen LogP contribution in [0.4, 0.5) is 0 Å². The maximum absolute atomic E-state index is 12.2. The van der Waals surface area contributed by atoms with Crippen LogP contribution in [0, 0.1) is 5.92 Å². The maximum Gasteiger partial charge on any atom is 0.220 e. The van der Waals surface area contributed by atoms with Gasteiger partial charge in [0, 0.05) is 19.1 Å². The third-order valence-corrected chi connectivity index (χ3v) is 4.62. The summed E-state index contributed by atoms with van der Waals surface area (Å²) in [4.78, 5) is 12.2. The first-order valence-electron chi connectivity index (χ1n) is 8.38. The van der Waals surface area contributed by atoms with Crippen LogP contribution in [0.3, 0.4) is 0 Å². The molecule has 1 saturated carbocycles. The van der Waals surface area contributed by atoms with Crippen LogP contribution in [-0.2, 0) is 11.2 Å². The second kappa shape index (κ2) is 8.79. The molecule has 0 bridgehead atoms. The summed E-state index contributed by atoms with van der Waals surface area (Å²) in [5, 5.41) is 22.1. The fraction of sp³-hybridized carbons (Fsp3) is 0.611. The number of aromatic hydroxyl groups is 1. The molecule has 1 aromatic rings. The Morgan fingerprint density at radius 2 is 1.95 bits per heavy atom. The molecule has 0 heterocycles. The van der Waals surface area contributed by atoms with E-state index in [0.29, 0.717) is 25.2 Å². The van der Waals surface area contributed by atoms with Crippen molar-refractivity contribution in [2.45, 2.75) is 57.4 Å². The van der Waals surface area contributed by atoms with E-state index in [1.807, 2.05) is 12.1 Å². The molecule has 1 amide bonds. The zero-order valence-electron chi connectivity index (χ0n) is 13.1. The summed E-state index contributed by atoms with van der Waals surface area (Å²) in [6, 6.07) is 7.21. The molecule has 22 heavy (non-hydrogen) atoms. The number of aliphatic hydroxyl groups excluding tert-OH is 1. The molecule has 1 unspecified atom stereocenters.